The number of amides is 1. The summed E-state index contributed by atoms with van der Waals surface area (Å²) in [4.78, 5) is 17.7. The van der Waals surface area contributed by atoms with Gasteiger partial charge >= 0.3 is 0 Å². The summed E-state index contributed by atoms with van der Waals surface area (Å²) >= 11 is 0. The van der Waals surface area contributed by atoms with Gasteiger partial charge in [0.2, 0.25) is 0 Å². The minimum absolute atomic E-state index is 0.0113. The molecule has 6 nitrogen and oxygen atoms in total. The van der Waals surface area contributed by atoms with Gasteiger partial charge in [0.05, 0.1) is 11.2 Å². The van der Waals surface area contributed by atoms with Gasteiger partial charge in [0.25, 0.3) is 5.91 Å². The molecule has 2 aromatic rings. The number of hydrogen-bond acceptors (Lipinski definition) is 4. The van der Waals surface area contributed by atoms with Gasteiger partial charge in [0.15, 0.2) is 0 Å². The van der Waals surface area contributed by atoms with Gasteiger partial charge in [-0.2, -0.15) is 5.10 Å². The van der Waals surface area contributed by atoms with Crippen molar-refractivity contribution in [2.24, 2.45) is 13.0 Å². The lowest BCUT2D eigenvalue weighted by atomic mass is 9.88. The molecule has 1 saturated heterocycles. The van der Waals surface area contributed by atoms with E-state index >= 15 is 0 Å². The highest BCUT2D eigenvalue weighted by molar-refractivity contribution is 5.99. The quantitative estimate of drug-likeness (QED) is 0.789. The molecule has 1 N–H and O–H groups in total. The highest BCUT2D eigenvalue weighted by Crippen LogP contribution is 2.34. The van der Waals surface area contributed by atoms with Crippen molar-refractivity contribution in [3.8, 4) is 0 Å². The third kappa shape index (κ3) is 3.79. The number of piperazine rings is 1. The van der Waals surface area contributed by atoms with E-state index in [1.54, 1.807) is 0 Å². The lowest BCUT2D eigenvalue weighted by Gasteiger charge is -2.38. The van der Waals surface area contributed by atoms with Gasteiger partial charge in [-0.05, 0) is 61.1 Å². The molecule has 2 unspecified atom stereocenters. The van der Waals surface area contributed by atoms with Gasteiger partial charge in [-0.1, -0.05) is 19.1 Å². The molecule has 1 fully saturated rings. The number of nitrogens with one attached hydrogen (secondary N) is 1. The molecule has 32 heavy (non-hydrogen) atoms. The number of hydrogen-bond donors (Lipinski definition) is 1. The first kappa shape index (κ1) is 20.8. The van der Waals surface area contributed by atoms with Gasteiger partial charge in [0.1, 0.15) is 0 Å². The Bertz CT molecular complexity index is 1200. The number of aromatic nitrogens is 2. The third-order valence-electron chi connectivity index (χ3n) is 6.69. The van der Waals surface area contributed by atoms with E-state index < -0.39 is 0 Å². The molecule has 0 spiro atoms. The van der Waals surface area contributed by atoms with Gasteiger partial charge in [-0.25, -0.2) is 0 Å². The zero-order valence-corrected chi connectivity index (χ0v) is 19.3. The predicted octanol–water partition coefficient (Wildman–Crippen LogP) is 3.80. The van der Waals surface area contributed by atoms with Crippen LogP contribution in [-0.4, -0.2) is 51.2 Å². The van der Waals surface area contributed by atoms with Gasteiger partial charge in [0, 0.05) is 62.3 Å². The molecular formula is C26H31N5O. The van der Waals surface area contributed by atoms with Crippen LogP contribution in [0.15, 0.2) is 65.8 Å². The average molecular weight is 430 g/mol. The summed E-state index contributed by atoms with van der Waals surface area (Å²) in [5.74, 6) is 0.257. The fourth-order valence-electron chi connectivity index (χ4n) is 4.96. The summed E-state index contributed by atoms with van der Waals surface area (Å²) < 4.78 is 1.83. The Labute approximate surface area is 189 Å². The van der Waals surface area contributed by atoms with E-state index in [9.17, 15) is 4.79 Å². The van der Waals surface area contributed by atoms with Crippen molar-refractivity contribution in [1.29, 1.82) is 0 Å². The number of rotatable bonds is 2. The van der Waals surface area contributed by atoms with Crippen molar-refractivity contribution in [2.45, 2.75) is 33.2 Å². The first-order valence-electron chi connectivity index (χ1n) is 11.5. The van der Waals surface area contributed by atoms with Crippen molar-refractivity contribution in [2.75, 3.05) is 19.6 Å². The third-order valence-corrected chi connectivity index (χ3v) is 6.69. The number of fused-ring (bicyclic) bond motifs is 2. The van der Waals surface area contributed by atoms with Gasteiger partial charge in [-0.15, -0.1) is 0 Å². The van der Waals surface area contributed by atoms with Crippen molar-refractivity contribution < 1.29 is 4.79 Å². The van der Waals surface area contributed by atoms with E-state index in [0.717, 1.165) is 65.1 Å². The average Bonchev–Trinajstić information content (AvgIpc) is 3.14. The Morgan fingerprint density at radius 2 is 2.03 bits per heavy atom. The Hall–Kier alpha value is -3.12. The zero-order chi connectivity index (χ0) is 22.4. The number of allylic oxidation sites excluding steroid dienone is 4. The van der Waals surface area contributed by atoms with E-state index in [1.165, 1.54) is 0 Å². The van der Waals surface area contributed by atoms with Crippen molar-refractivity contribution >= 4 is 22.4 Å². The molecule has 5 rings (SSSR count). The minimum atomic E-state index is 0.0113. The van der Waals surface area contributed by atoms with Gasteiger partial charge in [-0.3, -0.25) is 14.4 Å². The SMILES string of the molecule is CC1=CC(N2CCNC(C)C2)=CN2C(=O)C=C(c3ccc4nn(C)cc4c3)C(C)CC=C12. The van der Waals surface area contributed by atoms with Crippen LogP contribution in [0.4, 0.5) is 0 Å². The molecule has 0 saturated carbocycles. The van der Waals surface area contributed by atoms with E-state index in [4.69, 9.17) is 0 Å². The monoisotopic (exact) mass is 429 g/mol. The van der Waals surface area contributed by atoms with Crippen LogP contribution in [-0.2, 0) is 11.8 Å². The normalized spacial score (nSPS) is 24.3. The first-order valence-corrected chi connectivity index (χ1v) is 11.5. The van der Waals surface area contributed by atoms with Crippen LogP contribution in [0.2, 0.25) is 0 Å². The summed E-state index contributed by atoms with van der Waals surface area (Å²) in [5.41, 5.74) is 6.40. The Balaban J connectivity index is 1.51. The van der Waals surface area contributed by atoms with Crippen molar-refractivity contribution in [3.63, 3.8) is 0 Å². The molecule has 1 aromatic heterocycles. The maximum atomic E-state index is 13.5. The Kier molecular flexibility index (Phi) is 5.25. The molecule has 0 radical (unpaired) electrons. The molecule has 3 aliphatic rings. The number of carbonyl (C=O) groups is 1. The summed E-state index contributed by atoms with van der Waals surface area (Å²) in [7, 11) is 1.93. The summed E-state index contributed by atoms with van der Waals surface area (Å²) in [6, 6.07) is 6.71. The number of nitrogens with zero attached hydrogens (tertiary/aromatic N) is 4. The minimum Gasteiger partial charge on any atom is -0.368 e. The van der Waals surface area contributed by atoms with Crippen LogP contribution in [0, 0.1) is 5.92 Å². The number of carbonyl (C=O) groups excluding carboxylic acids is 1. The maximum Gasteiger partial charge on any atom is 0.255 e. The van der Waals surface area contributed by atoms with E-state index in [1.807, 2.05) is 41.2 Å². The van der Waals surface area contributed by atoms with Crippen LogP contribution in [0.1, 0.15) is 32.8 Å². The lowest BCUT2D eigenvalue weighted by molar-refractivity contribution is -0.122. The second kappa shape index (κ2) is 8.10. The molecule has 6 heteroatoms. The summed E-state index contributed by atoms with van der Waals surface area (Å²) in [6.07, 6.45) is 11.2. The highest BCUT2D eigenvalue weighted by atomic mass is 16.2. The Morgan fingerprint density at radius 3 is 2.84 bits per heavy atom. The van der Waals surface area contributed by atoms with Crippen LogP contribution < -0.4 is 5.32 Å². The van der Waals surface area contributed by atoms with Crippen LogP contribution in [0.25, 0.3) is 16.5 Å². The highest BCUT2D eigenvalue weighted by Gasteiger charge is 2.27. The molecule has 0 bridgehead atoms. The molecule has 2 atom stereocenters. The lowest BCUT2D eigenvalue weighted by Crippen LogP contribution is -2.49. The number of benzene rings is 1. The standard InChI is InChI=1S/C26H31N5O/c1-17-5-8-25-18(2)11-22(30-10-9-27-19(3)14-30)16-31(25)26(32)13-23(17)20-6-7-24-21(12-20)15-29(4)28-24/h6-8,11-13,15-17,19,27H,5,9-10,14H2,1-4H3. The Morgan fingerprint density at radius 1 is 1.19 bits per heavy atom. The van der Waals surface area contributed by atoms with E-state index in [-0.39, 0.29) is 11.8 Å². The number of aryl methyl sites for hydroxylation is 1. The molecule has 0 aliphatic carbocycles. The van der Waals surface area contributed by atoms with Gasteiger partial charge < -0.3 is 10.2 Å². The topological polar surface area (TPSA) is 53.4 Å². The van der Waals surface area contributed by atoms with E-state index in [2.05, 4.69) is 60.4 Å². The van der Waals surface area contributed by atoms with Crippen LogP contribution >= 0.6 is 0 Å². The molecule has 166 valence electrons. The molecule has 1 amide bonds. The van der Waals surface area contributed by atoms with Crippen molar-refractivity contribution in [3.05, 3.63) is 71.4 Å². The molecule has 4 heterocycles. The summed E-state index contributed by atoms with van der Waals surface area (Å²) in [5, 5.41) is 9.06. The zero-order valence-electron chi connectivity index (χ0n) is 19.3. The maximum absolute atomic E-state index is 13.5. The predicted molar refractivity (Wildman–Crippen MR) is 128 cm³/mol. The second-order valence-corrected chi connectivity index (χ2v) is 9.29. The molecular weight excluding hydrogens is 398 g/mol. The smallest absolute Gasteiger partial charge is 0.255 e. The molecule has 1 aromatic carbocycles. The first-order chi connectivity index (χ1) is 15.4. The van der Waals surface area contributed by atoms with Crippen LogP contribution in [0.5, 0.6) is 0 Å². The second-order valence-electron chi connectivity index (χ2n) is 9.29. The largest absolute Gasteiger partial charge is 0.368 e. The fraction of sp³-hybridized carbons (Fsp3) is 0.385. The molecule has 3 aliphatic heterocycles. The fourth-order valence-corrected chi connectivity index (χ4v) is 4.96. The van der Waals surface area contributed by atoms with E-state index in [0.29, 0.717) is 6.04 Å². The van der Waals surface area contributed by atoms with Crippen molar-refractivity contribution in [1.82, 2.24) is 24.9 Å². The van der Waals surface area contributed by atoms with Crippen LogP contribution in [0.3, 0.4) is 0 Å². The summed E-state index contributed by atoms with van der Waals surface area (Å²) in [6.45, 7) is 9.36.